The maximum absolute atomic E-state index is 13.7. The Labute approximate surface area is 132 Å². The molecular formula is C15H15Cl2FN2O. The molecule has 3 nitrogen and oxygen atoms in total. The number of rotatable bonds is 5. The van der Waals surface area contributed by atoms with Crippen molar-refractivity contribution in [1.29, 1.82) is 0 Å². The Morgan fingerprint density at radius 2 is 2.00 bits per heavy atom. The third kappa shape index (κ3) is 3.86. The van der Waals surface area contributed by atoms with Crippen molar-refractivity contribution in [3.63, 3.8) is 0 Å². The summed E-state index contributed by atoms with van der Waals surface area (Å²) in [5, 5.41) is 1.12. The molecule has 0 heterocycles. The van der Waals surface area contributed by atoms with E-state index in [0.29, 0.717) is 16.5 Å². The molecule has 2 rings (SSSR count). The minimum Gasteiger partial charge on any atom is -0.494 e. The van der Waals surface area contributed by atoms with Crippen molar-refractivity contribution in [1.82, 2.24) is 5.43 Å². The van der Waals surface area contributed by atoms with Crippen molar-refractivity contribution < 1.29 is 9.13 Å². The van der Waals surface area contributed by atoms with E-state index in [4.69, 9.17) is 33.8 Å². The number of hydrazine groups is 1. The highest BCUT2D eigenvalue weighted by molar-refractivity contribution is 6.33. The van der Waals surface area contributed by atoms with Crippen LogP contribution in [0.5, 0.6) is 5.75 Å². The topological polar surface area (TPSA) is 47.3 Å². The second-order valence-electron chi connectivity index (χ2n) is 4.56. The lowest BCUT2D eigenvalue weighted by molar-refractivity contribution is 0.386. The highest BCUT2D eigenvalue weighted by Gasteiger charge is 2.15. The maximum atomic E-state index is 13.7. The van der Waals surface area contributed by atoms with Crippen molar-refractivity contribution in [2.75, 3.05) is 7.11 Å². The standard InChI is InChI=1S/C15H15Cl2FN2O/c1-21-15-5-2-9(6-13(15)18)7-14(20-19)11-8-10(16)3-4-12(11)17/h2-6,8,14,20H,7,19H2,1H3. The van der Waals surface area contributed by atoms with Gasteiger partial charge in [0.1, 0.15) is 0 Å². The van der Waals surface area contributed by atoms with E-state index in [0.717, 1.165) is 11.1 Å². The Morgan fingerprint density at radius 1 is 1.24 bits per heavy atom. The predicted octanol–water partition coefficient (Wildman–Crippen LogP) is 3.89. The van der Waals surface area contributed by atoms with Crippen LogP contribution >= 0.6 is 23.2 Å². The van der Waals surface area contributed by atoms with E-state index in [-0.39, 0.29) is 11.8 Å². The second-order valence-corrected chi connectivity index (χ2v) is 5.40. The first-order valence-corrected chi connectivity index (χ1v) is 7.04. The van der Waals surface area contributed by atoms with E-state index in [1.54, 1.807) is 30.3 Å². The van der Waals surface area contributed by atoms with Gasteiger partial charge in [-0.05, 0) is 47.9 Å². The lowest BCUT2D eigenvalue weighted by Crippen LogP contribution is -2.29. The quantitative estimate of drug-likeness (QED) is 0.646. The van der Waals surface area contributed by atoms with Crippen molar-refractivity contribution >= 4 is 23.2 Å². The van der Waals surface area contributed by atoms with Gasteiger partial charge in [0.05, 0.1) is 13.2 Å². The molecule has 0 aliphatic rings. The van der Waals surface area contributed by atoms with Gasteiger partial charge in [0.15, 0.2) is 11.6 Å². The normalized spacial score (nSPS) is 12.2. The summed E-state index contributed by atoms with van der Waals surface area (Å²) in [7, 11) is 1.42. The summed E-state index contributed by atoms with van der Waals surface area (Å²) in [6, 6.07) is 9.66. The van der Waals surface area contributed by atoms with Crippen LogP contribution in [0.15, 0.2) is 36.4 Å². The van der Waals surface area contributed by atoms with Crippen LogP contribution in [-0.2, 0) is 6.42 Å². The average Bonchev–Trinajstić information content (AvgIpc) is 2.47. The highest BCUT2D eigenvalue weighted by Crippen LogP contribution is 2.29. The molecule has 0 bridgehead atoms. The Balaban J connectivity index is 2.26. The number of methoxy groups -OCH3 is 1. The van der Waals surface area contributed by atoms with Crippen LogP contribution in [0.3, 0.4) is 0 Å². The molecule has 112 valence electrons. The van der Waals surface area contributed by atoms with Crippen molar-refractivity contribution in [3.8, 4) is 5.75 Å². The molecule has 0 amide bonds. The molecule has 0 saturated carbocycles. The van der Waals surface area contributed by atoms with Crippen LogP contribution in [0.2, 0.25) is 10.0 Å². The Hall–Kier alpha value is -1.33. The first-order chi connectivity index (χ1) is 10.0. The van der Waals surface area contributed by atoms with Crippen LogP contribution in [0.1, 0.15) is 17.2 Å². The molecule has 0 aromatic heterocycles. The van der Waals surface area contributed by atoms with Gasteiger partial charge in [0.2, 0.25) is 0 Å². The molecule has 1 atom stereocenters. The molecule has 21 heavy (non-hydrogen) atoms. The van der Waals surface area contributed by atoms with Gasteiger partial charge in [-0.1, -0.05) is 29.3 Å². The molecule has 6 heteroatoms. The van der Waals surface area contributed by atoms with Crippen molar-refractivity contribution in [3.05, 3.63) is 63.4 Å². The van der Waals surface area contributed by atoms with E-state index in [9.17, 15) is 4.39 Å². The zero-order chi connectivity index (χ0) is 15.4. The summed E-state index contributed by atoms with van der Waals surface area (Å²) in [5.41, 5.74) is 4.22. The summed E-state index contributed by atoms with van der Waals surface area (Å²) in [4.78, 5) is 0. The fraction of sp³-hybridized carbons (Fsp3) is 0.200. The summed E-state index contributed by atoms with van der Waals surface area (Å²) in [6.45, 7) is 0. The van der Waals surface area contributed by atoms with E-state index in [2.05, 4.69) is 5.43 Å². The van der Waals surface area contributed by atoms with Gasteiger partial charge < -0.3 is 4.74 Å². The second kappa shape index (κ2) is 7.09. The molecule has 0 fully saturated rings. The molecule has 0 radical (unpaired) electrons. The molecule has 0 aliphatic carbocycles. The predicted molar refractivity (Wildman–Crippen MR) is 83.2 cm³/mol. The minimum absolute atomic E-state index is 0.205. The zero-order valence-electron chi connectivity index (χ0n) is 11.4. The smallest absolute Gasteiger partial charge is 0.165 e. The Kier molecular flexibility index (Phi) is 5.42. The van der Waals surface area contributed by atoms with Crippen molar-refractivity contribution in [2.45, 2.75) is 12.5 Å². The molecule has 0 aliphatic heterocycles. The van der Waals surface area contributed by atoms with Gasteiger partial charge in [-0.15, -0.1) is 0 Å². The third-order valence-electron chi connectivity index (χ3n) is 3.19. The Morgan fingerprint density at radius 3 is 2.62 bits per heavy atom. The monoisotopic (exact) mass is 328 g/mol. The number of benzene rings is 2. The van der Waals surface area contributed by atoms with Gasteiger partial charge in [0, 0.05) is 10.0 Å². The third-order valence-corrected chi connectivity index (χ3v) is 3.77. The number of ether oxygens (including phenoxy) is 1. The number of hydrogen-bond donors (Lipinski definition) is 2. The molecule has 1 unspecified atom stereocenters. The first kappa shape index (κ1) is 16.0. The van der Waals surface area contributed by atoms with Gasteiger partial charge in [-0.2, -0.15) is 0 Å². The summed E-state index contributed by atoms with van der Waals surface area (Å²) < 4.78 is 18.6. The van der Waals surface area contributed by atoms with Gasteiger partial charge in [-0.3, -0.25) is 11.3 Å². The molecular weight excluding hydrogens is 314 g/mol. The lowest BCUT2D eigenvalue weighted by Gasteiger charge is -2.18. The SMILES string of the molecule is COc1ccc(CC(NN)c2cc(Cl)ccc2Cl)cc1F. The molecule has 0 spiro atoms. The van der Waals surface area contributed by atoms with Crippen LogP contribution < -0.4 is 16.0 Å². The average molecular weight is 329 g/mol. The maximum Gasteiger partial charge on any atom is 0.165 e. The zero-order valence-corrected chi connectivity index (χ0v) is 12.9. The van der Waals surface area contributed by atoms with Gasteiger partial charge in [0.25, 0.3) is 0 Å². The molecule has 2 aromatic carbocycles. The van der Waals surface area contributed by atoms with Crippen LogP contribution in [-0.4, -0.2) is 7.11 Å². The molecule has 3 N–H and O–H groups in total. The van der Waals surface area contributed by atoms with E-state index >= 15 is 0 Å². The van der Waals surface area contributed by atoms with Crippen LogP contribution in [0, 0.1) is 5.82 Å². The van der Waals surface area contributed by atoms with Crippen LogP contribution in [0.4, 0.5) is 4.39 Å². The summed E-state index contributed by atoms with van der Waals surface area (Å²) in [6.07, 6.45) is 0.470. The molecule has 2 aromatic rings. The fourth-order valence-electron chi connectivity index (χ4n) is 2.11. The van der Waals surface area contributed by atoms with Gasteiger partial charge >= 0.3 is 0 Å². The summed E-state index contributed by atoms with van der Waals surface area (Å²) in [5.74, 6) is 5.39. The largest absolute Gasteiger partial charge is 0.494 e. The highest BCUT2D eigenvalue weighted by atomic mass is 35.5. The van der Waals surface area contributed by atoms with E-state index < -0.39 is 5.82 Å². The Bertz CT molecular complexity index is 637. The fourth-order valence-corrected chi connectivity index (χ4v) is 2.54. The van der Waals surface area contributed by atoms with Gasteiger partial charge in [-0.25, -0.2) is 4.39 Å². The van der Waals surface area contributed by atoms with Crippen LogP contribution in [0.25, 0.3) is 0 Å². The summed E-state index contributed by atoms with van der Waals surface area (Å²) >= 11 is 12.1. The minimum atomic E-state index is -0.414. The number of nitrogens with one attached hydrogen (secondary N) is 1. The number of hydrogen-bond acceptors (Lipinski definition) is 3. The number of nitrogens with two attached hydrogens (primary N) is 1. The number of halogens is 3. The lowest BCUT2D eigenvalue weighted by atomic mass is 9.99. The molecule has 0 saturated heterocycles. The van der Waals surface area contributed by atoms with E-state index in [1.165, 1.54) is 13.2 Å². The van der Waals surface area contributed by atoms with Crippen molar-refractivity contribution in [2.24, 2.45) is 5.84 Å². The van der Waals surface area contributed by atoms with E-state index in [1.807, 2.05) is 0 Å². The first-order valence-electron chi connectivity index (χ1n) is 6.28.